The van der Waals surface area contributed by atoms with E-state index in [4.69, 9.17) is 5.73 Å². The average molecular weight is 343 g/mol. The molecule has 6 nitrogen and oxygen atoms in total. The smallest absolute Gasteiger partial charge is 0.251 e. The molecule has 1 aromatic carbocycles. The van der Waals surface area contributed by atoms with E-state index in [1.54, 1.807) is 24.3 Å². The number of benzene rings is 1. The molecule has 1 aliphatic carbocycles. The first-order chi connectivity index (χ1) is 12.1. The summed E-state index contributed by atoms with van der Waals surface area (Å²) in [6.45, 7) is 0.874. The van der Waals surface area contributed by atoms with E-state index in [1.807, 2.05) is 0 Å². The van der Waals surface area contributed by atoms with Gasteiger partial charge in [-0.25, -0.2) is 0 Å². The summed E-state index contributed by atoms with van der Waals surface area (Å²) in [6, 6.07) is 7.24. The largest absolute Gasteiger partial charge is 0.349 e. The minimum absolute atomic E-state index is 0.0924. The topological polar surface area (TPSA) is 92.5 Å². The van der Waals surface area contributed by atoms with Gasteiger partial charge in [-0.05, 0) is 43.0 Å². The molecule has 1 aromatic rings. The molecule has 1 heterocycles. The van der Waals surface area contributed by atoms with Crippen LogP contribution in [0.1, 0.15) is 54.4 Å². The minimum atomic E-state index is -0.128. The van der Waals surface area contributed by atoms with Gasteiger partial charge in [-0.2, -0.15) is 0 Å². The molecule has 2 atom stereocenters. The number of nitrogens with two attached hydrogens (primary N) is 1. The van der Waals surface area contributed by atoms with Crippen molar-refractivity contribution in [3.05, 3.63) is 35.4 Å². The van der Waals surface area contributed by atoms with Crippen LogP contribution in [0.3, 0.4) is 0 Å². The van der Waals surface area contributed by atoms with Crippen LogP contribution in [0.15, 0.2) is 24.3 Å². The summed E-state index contributed by atoms with van der Waals surface area (Å²) in [4.78, 5) is 37.1. The third kappa shape index (κ3) is 4.07. The van der Waals surface area contributed by atoms with Gasteiger partial charge in [-0.3, -0.25) is 19.3 Å². The molecule has 1 aliphatic heterocycles. The van der Waals surface area contributed by atoms with Gasteiger partial charge in [0, 0.05) is 24.4 Å². The van der Waals surface area contributed by atoms with Crippen molar-refractivity contribution >= 4 is 17.7 Å². The molecule has 0 aromatic heterocycles. The molecule has 0 radical (unpaired) electrons. The maximum absolute atomic E-state index is 12.5. The van der Waals surface area contributed by atoms with E-state index in [1.165, 1.54) is 11.3 Å². The highest BCUT2D eigenvalue weighted by Gasteiger charge is 2.29. The molecule has 1 saturated carbocycles. The Morgan fingerprint density at radius 3 is 2.36 bits per heavy atom. The summed E-state index contributed by atoms with van der Waals surface area (Å²) in [5, 5.41) is 3.11. The molecule has 6 heteroatoms. The van der Waals surface area contributed by atoms with E-state index in [2.05, 4.69) is 5.32 Å². The molecule has 0 bridgehead atoms. The van der Waals surface area contributed by atoms with Gasteiger partial charge in [-0.1, -0.05) is 25.0 Å². The Morgan fingerprint density at radius 2 is 1.72 bits per heavy atom. The first-order valence-corrected chi connectivity index (χ1v) is 9.01. The van der Waals surface area contributed by atoms with Crippen LogP contribution in [0.25, 0.3) is 0 Å². The molecule has 0 spiro atoms. The minimum Gasteiger partial charge on any atom is -0.349 e. The zero-order valence-corrected chi connectivity index (χ0v) is 14.4. The van der Waals surface area contributed by atoms with Crippen LogP contribution >= 0.6 is 0 Å². The number of likely N-dealkylation sites (tertiary alicyclic amines) is 1. The van der Waals surface area contributed by atoms with Crippen molar-refractivity contribution in [2.75, 3.05) is 6.54 Å². The maximum atomic E-state index is 12.5. The number of hydrogen-bond donors (Lipinski definition) is 2. The van der Waals surface area contributed by atoms with Crippen LogP contribution in [-0.4, -0.2) is 35.2 Å². The third-order valence-corrected chi connectivity index (χ3v) is 5.24. The van der Waals surface area contributed by atoms with Crippen LogP contribution in [0.4, 0.5) is 0 Å². The van der Waals surface area contributed by atoms with Crippen LogP contribution in [0.5, 0.6) is 0 Å². The molecule has 25 heavy (non-hydrogen) atoms. The van der Waals surface area contributed by atoms with E-state index in [9.17, 15) is 14.4 Å². The third-order valence-electron chi connectivity index (χ3n) is 5.24. The van der Waals surface area contributed by atoms with E-state index in [0.29, 0.717) is 30.9 Å². The fourth-order valence-corrected chi connectivity index (χ4v) is 3.67. The Kier molecular flexibility index (Phi) is 5.48. The lowest BCUT2D eigenvalue weighted by Crippen LogP contribution is -2.44. The van der Waals surface area contributed by atoms with Crippen molar-refractivity contribution in [1.29, 1.82) is 0 Å². The summed E-state index contributed by atoms with van der Waals surface area (Å²) in [7, 11) is 0. The zero-order valence-electron chi connectivity index (χ0n) is 14.4. The molecule has 2 fully saturated rings. The second kappa shape index (κ2) is 7.78. The van der Waals surface area contributed by atoms with E-state index >= 15 is 0 Å². The summed E-state index contributed by atoms with van der Waals surface area (Å²) < 4.78 is 0. The lowest BCUT2D eigenvalue weighted by Gasteiger charge is -2.31. The lowest BCUT2D eigenvalue weighted by atomic mass is 9.84. The van der Waals surface area contributed by atoms with Crippen molar-refractivity contribution in [2.24, 2.45) is 11.7 Å². The number of carbonyl (C=O) groups excluding carboxylic acids is 3. The van der Waals surface area contributed by atoms with Gasteiger partial charge in [0.15, 0.2) is 0 Å². The summed E-state index contributed by atoms with van der Waals surface area (Å²) in [6.07, 6.45) is 4.93. The van der Waals surface area contributed by atoms with Gasteiger partial charge >= 0.3 is 0 Å². The Morgan fingerprint density at radius 1 is 1.08 bits per heavy atom. The van der Waals surface area contributed by atoms with Crippen molar-refractivity contribution in [3.8, 4) is 0 Å². The molecule has 134 valence electrons. The molecule has 2 unspecified atom stereocenters. The van der Waals surface area contributed by atoms with Crippen LogP contribution < -0.4 is 11.1 Å². The monoisotopic (exact) mass is 343 g/mol. The first kappa shape index (κ1) is 17.6. The van der Waals surface area contributed by atoms with Gasteiger partial charge in [-0.15, -0.1) is 0 Å². The Bertz CT molecular complexity index is 640. The van der Waals surface area contributed by atoms with E-state index in [0.717, 1.165) is 24.8 Å². The predicted octanol–water partition coefficient (Wildman–Crippen LogP) is 1.58. The molecule has 3 N–H and O–H groups in total. The quantitative estimate of drug-likeness (QED) is 0.794. The van der Waals surface area contributed by atoms with Crippen molar-refractivity contribution in [2.45, 2.75) is 51.1 Å². The first-order valence-electron chi connectivity index (χ1n) is 9.01. The molecule has 2 aliphatic rings. The second-order valence-corrected chi connectivity index (χ2v) is 6.93. The van der Waals surface area contributed by atoms with Crippen molar-refractivity contribution < 1.29 is 14.4 Å². The Balaban J connectivity index is 1.60. The highest BCUT2D eigenvalue weighted by Crippen LogP contribution is 2.24. The summed E-state index contributed by atoms with van der Waals surface area (Å²) in [5.74, 6) is 0.00304. The number of nitrogens with one attached hydrogen (secondary N) is 1. The number of amides is 3. The molecular weight excluding hydrogens is 318 g/mol. The van der Waals surface area contributed by atoms with Crippen LogP contribution in [0.2, 0.25) is 0 Å². The zero-order chi connectivity index (χ0) is 17.8. The highest BCUT2D eigenvalue weighted by molar-refractivity contribution is 6.01. The predicted molar refractivity (Wildman–Crippen MR) is 93.5 cm³/mol. The standard InChI is InChI=1S/C19H25N3O3/c20-11-15-3-1-2-4-16(15)21-19(25)14-7-5-13(6-8-14)12-22-17(23)9-10-18(22)24/h5-8,15-16H,1-4,9-12,20H2,(H,21,25). The highest BCUT2D eigenvalue weighted by atomic mass is 16.2. The Hall–Kier alpha value is -2.21. The SMILES string of the molecule is NCC1CCCCC1NC(=O)c1ccc(CN2C(=O)CCC2=O)cc1. The summed E-state index contributed by atoms with van der Waals surface area (Å²) >= 11 is 0. The molecule has 3 amide bonds. The lowest BCUT2D eigenvalue weighted by molar-refractivity contribution is -0.139. The Labute approximate surface area is 147 Å². The number of nitrogens with zero attached hydrogens (tertiary/aromatic N) is 1. The normalized spacial score (nSPS) is 23.8. The maximum Gasteiger partial charge on any atom is 0.251 e. The fourth-order valence-electron chi connectivity index (χ4n) is 3.67. The van der Waals surface area contributed by atoms with Crippen LogP contribution in [-0.2, 0) is 16.1 Å². The molecular formula is C19H25N3O3. The average Bonchev–Trinajstić information content (AvgIpc) is 2.94. The fraction of sp³-hybridized carbons (Fsp3) is 0.526. The van der Waals surface area contributed by atoms with E-state index in [-0.39, 0.29) is 30.3 Å². The van der Waals surface area contributed by atoms with Gasteiger partial charge in [0.05, 0.1) is 6.54 Å². The number of hydrogen-bond acceptors (Lipinski definition) is 4. The number of carbonyl (C=O) groups is 3. The second-order valence-electron chi connectivity index (χ2n) is 6.93. The van der Waals surface area contributed by atoms with Gasteiger partial charge in [0.1, 0.15) is 0 Å². The van der Waals surface area contributed by atoms with Gasteiger partial charge < -0.3 is 11.1 Å². The summed E-state index contributed by atoms with van der Waals surface area (Å²) in [5.41, 5.74) is 7.25. The molecule has 1 saturated heterocycles. The number of rotatable bonds is 5. The van der Waals surface area contributed by atoms with Crippen molar-refractivity contribution in [1.82, 2.24) is 10.2 Å². The van der Waals surface area contributed by atoms with Crippen LogP contribution in [0, 0.1) is 5.92 Å². The molecule has 3 rings (SSSR count). The number of imide groups is 1. The van der Waals surface area contributed by atoms with Crippen molar-refractivity contribution in [3.63, 3.8) is 0 Å². The van der Waals surface area contributed by atoms with Gasteiger partial charge in [0.2, 0.25) is 11.8 Å². The van der Waals surface area contributed by atoms with Gasteiger partial charge in [0.25, 0.3) is 5.91 Å². The van der Waals surface area contributed by atoms with E-state index < -0.39 is 0 Å².